The van der Waals surface area contributed by atoms with Crippen LogP contribution in [0, 0.1) is 0 Å². The van der Waals surface area contributed by atoms with Gasteiger partial charge in [-0.1, -0.05) is 12.1 Å². The van der Waals surface area contributed by atoms with E-state index in [2.05, 4.69) is 22.2 Å². The van der Waals surface area contributed by atoms with Crippen LogP contribution in [-0.4, -0.2) is 21.9 Å². The molecule has 1 aliphatic heterocycles. The molecule has 1 atom stereocenters. The summed E-state index contributed by atoms with van der Waals surface area (Å²) in [7, 11) is 1.67. The molecule has 0 radical (unpaired) electrons. The first-order valence-corrected chi connectivity index (χ1v) is 6.13. The molecule has 1 aromatic carbocycles. The second kappa shape index (κ2) is 4.33. The summed E-state index contributed by atoms with van der Waals surface area (Å²) in [5, 5.41) is 4.30. The molecule has 3 rings (SSSR count). The fourth-order valence-corrected chi connectivity index (χ4v) is 2.50. The maximum atomic E-state index is 5.68. The number of rotatable bonds is 2. The van der Waals surface area contributed by atoms with Crippen LogP contribution in [0.15, 0.2) is 24.3 Å². The summed E-state index contributed by atoms with van der Waals surface area (Å²) in [6.45, 7) is 0. The van der Waals surface area contributed by atoms with Crippen LogP contribution < -0.4 is 10.5 Å². The number of methoxy groups -OCH3 is 1. The van der Waals surface area contributed by atoms with Gasteiger partial charge in [0.15, 0.2) is 0 Å². The molecule has 0 bridgehead atoms. The number of nitrogens with two attached hydrogens (primary N) is 1. The number of hydrogen-bond donors (Lipinski definition) is 1. The summed E-state index contributed by atoms with van der Waals surface area (Å²) < 4.78 is 7.13. The predicted molar refractivity (Wildman–Crippen MR) is 68.5 cm³/mol. The van der Waals surface area contributed by atoms with E-state index in [0.29, 0.717) is 5.95 Å². The Balaban J connectivity index is 1.97. The van der Waals surface area contributed by atoms with Crippen molar-refractivity contribution in [3.8, 4) is 5.75 Å². The van der Waals surface area contributed by atoms with Gasteiger partial charge in [-0.2, -0.15) is 4.98 Å². The van der Waals surface area contributed by atoms with E-state index in [1.165, 1.54) is 5.56 Å². The highest BCUT2D eigenvalue weighted by Crippen LogP contribution is 2.30. The minimum absolute atomic E-state index is 0.240. The second-order valence-corrected chi connectivity index (χ2v) is 4.51. The molecule has 0 fully saturated rings. The topological polar surface area (TPSA) is 66.0 Å². The molecule has 2 aromatic rings. The minimum Gasteiger partial charge on any atom is -0.497 e. The molecule has 0 saturated carbocycles. The number of aromatic nitrogens is 3. The number of aryl methyl sites for hydroxylation is 1. The lowest BCUT2D eigenvalue weighted by Gasteiger charge is -2.23. The third kappa shape index (κ3) is 1.81. The smallest absolute Gasteiger partial charge is 0.239 e. The first kappa shape index (κ1) is 11.1. The van der Waals surface area contributed by atoms with Gasteiger partial charge in [0.2, 0.25) is 5.95 Å². The van der Waals surface area contributed by atoms with Gasteiger partial charge in [-0.15, -0.1) is 5.10 Å². The van der Waals surface area contributed by atoms with Crippen LogP contribution in [0.3, 0.4) is 0 Å². The van der Waals surface area contributed by atoms with Gasteiger partial charge < -0.3 is 10.5 Å². The van der Waals surface area contributed by atoms with E-state index in [0.717, 1.165) is 30.8 Å². The van der Waals surface area contributed by atoms with Crippen LogP contribution in [0.4, 0.5) is 5.95 Å². The van der Waals surface area contributed by atoms with E-state index in [9.17, 15) is 0 Å². The maximum Gasteiger partial charge on any atom is 0.239 e. The average molecular weight is 244 g/mol. The van der Waals surface area contributed by atoms with Gasteiger partial charge in [0.05, 0.1) is 13.2 Å². The Morgan fingerprint density at radius 1 is 1.33 bits per heavy atom. The molecule has 5 nitrogen and oxygen atoms in total. The highest BCUT2D eigenvalue weighted by molar-refractivity contribution is 5.30. The number of hydrogen-bond acceptors (Lipinski definition) is 4. The summed E-state index contributed by atoms with van der Waals surface area (Å²) in [5.74, 6) is 2.22. The number of anilines is 1. The van der Waals surface area contributed by atoms with Gasteiger partial charge in [0.1, 0.15) is 11.6 Å². The van der Waals surface area contributed by atoms with Crippen LogP contribution >= 0.6 is 0 Å². The van der Waals surface area contributed by atoms with Crippen molar-refractivity contribution in [3.05, 3.63) is 35.7 Å². The van der Waals surface area contributed by atoms with Crippen LogP contribution in [0.25, 0.3) is 0 Å². The van der Waals surface area contributed by atoms with E-state index >= 15 is 0 Å². The largest absolute Gasteiger partial charge is 0.497 e. The molecule has 18 heavy (non-hydrogen) atoms. The summed E-state index contributed by atoms with van der Waals surface area (Å²) in [6, 6.07) is 8.35. The van der Waals surface area contributed by atoms with Crippen molar-refractivity contribution in [2.75, 3.05) is 12.8 Å². The third-order valence-corrected chi connectivity index (χ3v) is 3.39. The SMILES string of the molecule is COc1ccc(C2CCCc3nc(N)nn32)cc1. The van der Waals surface area contributed by atoms with Crippen LogP contribution in [0.2, 0.25) is 0 Å². The van der Waals surface area contributed by atoms with Gasteiger partial charge in [0.25, 0.3) is 0 Å². The number of fused-ring (bicyclic) bond motifs is 1. The third-order valence-electron chi connectivity index (χ3n) is 3.39. The van der Waals surface area contributed by atoms with Gasteiger partial charge in [-0.25, -0.2) is 4.68 Å². The Bertz CT molecular complexity index is 547. The van der Waals surface area contributed by atoms with E-state index in [1.54, 1.807) is 7.11 Å². The molecule has 0 amide bonds. The average Bonchev–Trinajstić information content (AvgIpc) is 2.79. The number of nitrogens with zero attached hydrogens (tertiary/aromatic N) is 3. The molecule has 1 aliphatic rings. The van der Waals surface area contributed by atoms with Gasteiger partial charge in [-0.05, 0) is 30.5 Å². The number of nitrogen functional groups attached to an aromatic ring is 1. The summed E-state index contributed by atoms with van der Waals surface area (Å²) in [5.41, 5.74) is 6.90. The quantitative estimate of drug-likeness (QED) is 0.874. The molecular formula is C13H16N4O. The van der Waals surface area contributed by atoms with E-state index in [4.69, 9.17) is 10.5 Å². The molecule has 1 unspecified atom stereocenters. The number of benzene rings is 1. The van der Waals surface area contributed by atoms with Crippen molar-refractivity contribution in [2.45, 2.75) is 25.3 Å². The fourth-order valence-electron chi connectivity index (χ4n) is 2.50. The molecule has 1 aromatic heterocycles. The highest BCUT2D eigenvalue weighted by Gasteiger charge is 2.23. The standard InChI is InChI=1S/C13H16N4O/c1-18-10-7-5-9(6-8-10)11-3-2-4-12-15-13(14)16-17(11)12/h5-8,11H,2-4H2,1H3,(H2,14,16). The Morgan fingerprint density at radius 3 is 2.83 bits per heavy atom. The van der Waals surface area contributed by atoms with Crippen molar-refractivity contribution in [1.82, 2.24) is 14.8 Å². The van der Waals surface area contributed by atoms with Gasteiger partial charge in [-0.3, -0.25) is 0 Å². The lowest BCUT2D eigenvalue weighted by atomic mass is 9.98. The molecule has 0 saturated heterocycles. The monoisotopic (exact) mass is 244 g/mol. The van der Waals surface area contributed by atoms with Crippen LogP contribution in [-0.2, 0) is 6.42 Å². The normalized spacial score (nSPS) is 18.4. The van der Waals surface area contributed by atoms with Crippen LogP contribution in [0.1, 0.15) is 30.3 Å². The van der Waals surface area contributed by atoms with Crippen molar-refractivity contribution >= 4 is 5.95 Å². The van der Waals surface area contributed by atoms with E-state index < -0.39 is 0 Å². The first-order valence-electron chi connectivity index (χ1n) is 6.13. The van der Waals surface area contributed by atoms with Crippen molar-refractivity contribution in [1.29, 1.82) is 0 Å². The van der Waals surface area contributed by atoms with E-state index in [-0.39, 0.29) is 6.04 Å². The second-order valence-electron chi connectivity index (χ2n) is 4.51. The molecule has 94 valence electrons. The molecular weight excluding hydrogens is 228 g/mol. The highest BCUT2D eigenvalue weighted by atomic mass is 16.5. The van der Waals surface area contributed by atoms with E-state index in [1.807, 2.05) is 16.8 Å². The lowest BCUT2D eigenvalue weighted by Crippen LogP contribution is -2.20. The minimum atomic E-state index is 0.240. The molecule has 0 aliphatic carbocycles. The summed E-state index contributed by atoms with van der Waals surface area (Å²) >= 11 is 0. The zero-order chi connectivity index (χ0) is 12.5. The first-order chi connectivity index (χ1) is 8.78. The van der Waals surface area contributed by atoms with Crippen molar-refractivity contribution < 1.29 is 4.74 Å². The van der Waals surface area contributed by atoms with Gasteiger partial charge in [0, 0.05) is 6.42 Å². The summed E-state index contributed by atoms with van der Waals surface area (Å²) in [4.78, 5) is 4.27. The van der Waals surface area contributed by atoms with Crippen molar-refractivity contribution in [2.24, 2.45) is 0 Å². The molecule has 2 heterocycles. The molecule has 0 spiro atoms. The molecule has 2 N–H and O–H groups in total. The molecule has 5 heteroatoms. The Labute approximate surface area is 106 Å². The summed E-state index contributed by atoms with van der Waals surface area (Å²) in [6.07, 6.45) is 3.15. The number of ether oxygens (including phenoxy) is 1. The zero-order valence-corrected chi connectivity index (χ0v) is 10.3. The predicted octanol–water partition coefficient (Wildman–Crippen LogP) is 1.79. The Hall–Kier alpha value is -2.04. The van der Waals surface area contributed by atoms with Crippen LogP contribution in [0.5, 0.6) is 5.75 Å². The Morgan fingerprint density at radius 2 is 2.11 bits per heavy atom. The van der Waals surface area contributed by atoms with Crippen molar-refractivity contribution in [3.63, 3.8) is 0 Å². The zero-order valence-electron chi connectivity index (χ0n) is 10.3. The van der Waals surface area contributed by atoms with Gasteiger partial charge >= 0.3 is 0 Å². The maximum absolute atomic E-state index is 5.68. The lowest BCUT2D eigenvalue weighted by molar-refractivity contribution is 0.406. The fraction of sp³-hybridized carbons (Fsp3) is 0.385. The Kier molecular flexibility index (Phi) is 2.66.